The molecule has 2 aromatic carbocycles. The van der Waals surface area contributed by atoms with E-state index in [1.807, 2.05) is 0 Å². The molecule has 0 fully saturated rings. The molecule has 2 aromatic rings. The van der Waals surface area contributed by atoms with E-state index in [4.69, 9.17) is 5.73 Å². The molecule has 0 unspecified atom stereocenters. The third-order valence-electron chi connectivity index (χ3n) is 3.05. The highest BCUT2D eigenvalue weighted by Crippen LogP contribution is 2.21. The van der Waals surface area contributed by atoms with Gasteiger partial charge in [-0.2, -0.15) is 0 Å². The maximum Gasteiger partial charge on any atom is 0.276 e. The van der Waals surface area contributed by atoms with E-state index in [2.05, 4.69) is 21.2 Å². The fraction of sp³-hybridized carbons (Fsp3) is 0.125. The summed E-state index contributed by atoms with van der Waals surface area (Å²) in [7, 11) is 0. The number of thioether (sulfide) groups is 1. The van der Waals surface area contributed by atoms with Crippen LogP contribution in [0.4, 0.5) is 9.18 Å². The summed E-state index contributed by atoms with van der Waals surface area (Å²) >= 11 is 4.28. The Labute approximate surface area is 145 Å². The van der Waals surface area contributed by atoms with Gasteiger partial charge in [-0.3, -0.25) is 9.59 Å². The minimum absolute atomic E-state index is 0.262. The minimum atomic E-state index is -0.498. The summed E-state index contributed by atoms with van der Waals surface area (Å²) < 4.78 is 13.7. The van der Waals surface area contributed by atoms with E-state index in [0.29, 0.717) is 16.9 Å². The third kappa shape index (κ3) is 5.37. The predicted octanol–water partition coefficient (Wildman–Crippen LogP) is 3.83. The van der Waals surface area contributed by atoms with E-state index in [1.165, 1.54) is 12.1 Å². The molecule has 23 heavy (non-hydrogen) atoms. The highest BCUT2D eigenvalue weighted by Gasteiger charge is 2.13. The Morgan fingerprint density at radius 2 is 1.87 bits per heavy atom. The molecule has 0 aliphatic carbocycles. The fourth-order valence-electron chi connectivity index (χ4n) is 1.93. The summed E-state index contributed by atoms with van der Waals surface area (Å²) in [6.07, 6.45) is 0. The molecule has 3 N–H and O–H groups in total. The maximum atomic E-state index is 12.9. The first-order chi connectivity index (χ1) is 11.0. The smallest absolute Gasteiger partial charge is 0.276 e. The average molecular weight is 397 g/mol. The second-order valence-electron chi connectivity index (χ2n) is 4.72. The van der Waals surface area contributed by atoms with Crippen LogP contribution in [-0.2, 0) is 12.3 Å². The van der Waals surface area contributed by atoms with E-state index < -0.39 is 5.24 Å². The third-order valence-corrected chi connectivity index (χ3v) is 4.28. The molecule has 0 atom stereocenters. The van der Waals surface area contributed by atoms with Crippen LogP contribution in [0.15, 0.2) is 46.9 Å². The Kier molecular flexibility index (Phi) is 6.18. The van der Waals surface area contributed by atoms with Gasteiger partial charge in [0.15, 0.2) is 0 Å². The fourth-order valence-corrected chi connectivity index (χ4v) is 2.88. The Bertz CT molecular complexity index is 723. The lowest BCUT2D eigenvalue weighted by atomic mass is 10.1. The van der Waals surface area contributed by atoms with Gasteiger partial charge in [0.25, 0.3) is 11.1 Å². The molecule has 0 spiro atoms. The van der Waals surface area contributed by atoms with Crippen molar-refractivity contribution in [2.75, 3.05) is 0 Å². The summed E-state index contributed by atoms with van der Waals surface area (Å²) in [5.41, 5.74) is 7.11. The molecule has 2 rings (SSSR count). The van der Waals surface area contributed by atoms with Gasteiger partial charge in [-0.15, -0.1) is 0 Å². The SMILES string of the molecule is NC(=O)SCc1cc(Br)ccc1C(=O)NCc1ccc(F)cc1. The Balaban J connectivity index is 2.08. The first-order valence-electron chi connectivity index (χ1n) is 6.69. The molecular formula is C16H14BrFN2O2S. The van der Waals surface area contributed by atoms with Crippen LogP contribution in [0, 0.1) is 5.82 Å². The first-order valence-corrected chi connectivity index (χ1v) is 8.47. The molecule has 0 saturated heterocycles. The van der Waals surface area contributed by atoms with Crippen LogP contribution in [0.25, 0.3) is 0 Å². The Morgan fingerprint density at radius 1 is 1.17 bits per heavy atom. The van der Waals surface area contributed by atoms with E-state index in [9.17, 15) is 14.0 Å². The van der Waals surface area contributed by atoms with Gasteiger partial charge in [0.1, 0.15) is 5.82 Å². The quantitative estimate of drug-likeness (QED) is 0.806. The van der Waals surface area contributed by atoms with Gasteiger partial charge in [0.05, 0.1) is 0 Å². The Hall–Kier alpha value is -1.86. The summed E-state index contributed by atoms with van der Waals surface area (Å²) in [4.78, 5) is 23.3. The molecule has 0 aliphatic rings. The van der Waals surface area contributed by atoms with Crippen molar-refractivity contribution in [3.05, 3.63) is 69.4 Å². The van der Waals surface area contributed by atoms with Crippen molar-refractivity contribution < 1.29 is 14.0 Å². The van der Waals surface area contributed by atoms with Gasteiger partial charge < -0.3 is 11.1 Å². The molecule has 120 valence electrons. The van der Waals surface area contributed by atoms with Gasteiger partial charge >= 0.3 is 0 Å². The number of nitrogens with two attached hydrogens (primary N) is 1. The summed E-state index contributed by atoms with van der Waals surface area (Å²) in [6.45, 7) is 0.289. The van der Waals surface area contributed by atoms with E-state index in [-0.39, 0.29) is 18.3 Å². The molecule has 2 amide bonds. The number of nitrogens with one attached hydrogen (secondary N) is 1. The number of hydrogen-bond donors (Lipinski definition) is 2. The predicted molar refractivity (Wildman–Crippen MR) is 92.6 cm³/mol. The number of halogens is 2. The average Bonchev–Trinajstić information content (AvgIpc) is 2.52. The zero-order valence-electron chi connectivity index (χ0n) is 12.0. The largest absolute Gasteiger partial charge is 0.361 e. The lowest BCUT2D eigenvalue weighted by Gasteiger charge is -2.10. The number of benzene rings is 2. The van der Waals surface area contributed by atoms with E-state index in [1.54, 1.807) is 30.3 Å². The molecule has 4 nitrogen and oxygen atoms in total. The van der Waals surface area contributed by atoms with Crippen LogP contribution in [0.1, 0.15) is 21.5 Å². The van der Waals surface area contributed by atoms with Crippen molar-refractivity contribution in [1.29, 1.82) is 0 Å². The van der Waals surface area contributed by atoms with Crippen LogP contribution in [0.5, 0.6) is 0 Å². The number of hydrogen-bond acceptors (Lipinski definition) is 3. The van der Waals surface area contributed by atoms with Crippen LogP contribution in [0.3, 0.4) is 0 Å². The summed E-state index contributed by atoms with van der Waals surface area (Å²) in [5, 5.41) is 2.28. The highest BCUT2D eigenvalue weighted by molar-refractivity contribution is 9.10. The molecule has 0 heterocycles. The zero-order chi connectivity index (χ0) is 16.8. The van der Waals surface area contributed by atoms with Gasteiger partial charge in [-0.25, -0.2) is 4.39 Å². The molecule has 0 bridgehead atoms. The van der Waals surface area contributed by atoms with Crippen molar-refractivity contribution in [2.24, 2.45) is 5.73 Å². The van der Waals surface area contributed by atoms with Crippen LogP contribution in [-0.4, -0.2) is 11.1 Å². The van der Waals surface area contributed by atoms with Crippen molar-refractivity contribution in [3.8, 4) is 0 Å². The van der Waals surface area contributed by atoms with Crippen molar-refractivity contribution in [2.45, 2.75) is 12.3 Å². The van der Waals surface area contributed by atoms with Crippen LogP contribution in [0.2, 0.25) is 0 Å². The molecule has 0 aromatic heterocycles. The van der Waals surface area contributed by atoms with Crippen molar-refractivity contribution in [3.63, 3.8) is 0 Å². The number of amides is 2. The van der Waals surface area contributed by atoms with Crippen molar-refractivity contribution in [1.82, 2.24) is 5.32 Å². The molecule has 0 aliphatic heterocycles. The van der Waals surface area contributed by atoms with Crippen LogP contribution >= 0.6 is 27.7 Å². The Morgan fingerprint density at radius 3 is 2.52 bits per heavy atom. The standard InChI is InChI=1S/C16H14BrFN2O2S/c17-12-3-6-14(11(7-12)9-23-16(19)22)15(21)20-8-10-1-4-13(18)5-2-10/h1-7H,8-9H2,(H2,19,22)(H,20,21). The van der Waals surface area contributed by atoms with Crippen molar-refractivity contribution >= 4 is 38.8 Å². The highest BCUT2D eigenvalue weighted by atomic mass is 79.9. The molecular weight excluding hydrogens is 383 g/mol. The van der Waals surface area contributed by atoms with E-state index in [0.717, 1.165) is 21.8 Å². The summed E-state index contributed by atoms with van der Waals surface area (Å²) in [6, 6.07) is 11.1. The number of carbonyl (C=O) groups is 2. The monoisotopic (exact) mass is 396 g/mol. The summed E-state index contributed by atoms with van der Waals surface area (Å²) in [5.74, 6) is -0.269. The lowest BCUT2D eigenvalue weighted by molar-refractivity contribution is 0.0950. The number of rotatable bonds is 5. The van der Waals surface area contributed by atoms with E-state index >= 15 is 0 Å². The normalized spacial score (nSPS) is 10.3. The number of primary amides is 1. The maximum absolute atomic E-state index is 12.9. The zero-order valence-corrected chi connectivity index (χ0v) is 14.4. The lowest BCUT2D eigenvalue weighted by Crippen LogP contribution is -2.24. The van der Waals surface area contributed by atoms with Gasteiger partial charge in [0, 0.05) is 22.3 Å². The topological polar surface area (TPSA) is 72.2 Å². The second-order valence-corrected chi connectivity index (χ2v) is 6.61. The minimum Gasteiger partial charge on any atom is -0.361 e. The van der Waals surface area contributed by atoms with Gasteiger partial charge in [-0.05, 0) is 41.5 Å². The first kappa shape index (κ1) is 17.5. The van der Waals surface area contributed by atoms with Gasteiger partial charge in [-0.1, -0.05) is 39.8 Å². The van der Waals surface area contributed by atoms with Crippen LogP contribution < -0.4 is 11.1 Å². The molecule has 0 radical (unpaired) electrons. The van der Waals surface area contributed by atoms with Gasteiger partial charge in [0.2, 0.25) is 0 Å². The molecule has 0 saturated carbocycles. The second kappa shape index (κ2) is 8.12. The number of carbonyl (C=O) groups excluding carboxylic acids is 2. The molecule has 7 heteroatoms.